The summed E-state index contributed by atoms with van der Waals surface area (Å²) in [6.45, 7) is 6.74. The van der Waals surface area contributed by atoms with Crippen molar-refractivity contribution in [3.63, 3.8) is 0 Å². The van der Waals surface area contributed by atoms with Crippen molar-refractivity contribution in [2.45, 2.75) is 39.7 Å². The Kier molecular flexibility index (Phi) is 4.84. The molecule has 1 rings (SSSR count). The second kappa shape index (κ2) is 5.30. The maximum absolute atomic E-state index is 6.17. The van der Waals surface area contributed by atoms with Crippen molar-refractivity contribution in [3.05, 3.63) is 19.2 Å². The van der Waals surface area contributed by atoms with Crippen molar-refractivity contribution in [3.8, 4) is 0 Å². The van der Waals surface area contributed by atoms with Gasteiger partial charge in [-0.05, 0) is 61.7 Å². The smallest absolute Gasteiger partial charge is 0.0758 e. The van der Waals surface area contributed by atoms with Gasteiger partial charge in [0.1, 0.15) is 0 Å². The number of halogens is 2. The summed E-state index contributed by atoms with van der Waals surface area (Å²) in [5.74, 6) is 0. The van der Waals surface area contributed by atoms with Crippen molar-refractivity contribution in [2.75, 3.05) is 0 Å². The second-order valence-corrected chi connectivity index (χ2v) is 8.73. The summed E-state index contributed by atoms with van der Waals surface area (Å²) in [7, 11) is 0. The molecule has 1 atom stereocenters. The molecule has 1 unspecified atom stereocenters. The normalized spacial score (nSPS) is 14.3. The molecular formula is C11H17Br2NS. The maximum Gasteiger partial charge on any atom is 0.0758 e. The first-order valence-corrected chi connectivity index (χ1v) is 7.40. The average Bonchev–Trinajstić information content (AvgIpc) is 2.40. The van der Waals surface area contributed by atoms with Gasteiger partial charge >= 0.3 is 0 Å². The second-order valence-electron chi connectivity index (χ2n) is 4.99. The Labute approximate surface area is 113 Å². The molecule has 1 nitrogen and oxygen atoms in total. The average molecular weight is 355 g/mol. The number of rotatable bonds is 3. The molecule has 0 aromatic carbocycles. The Morgan fingerprint density at radius 3 is 2.40 bits per heavy atom. The van der Waals surface area contributed by atoms with E-state index in [0.29, 0.717) is 5.41 Å². The quantitative estimate of drug-likeness (QED) is 0.802. The van der Waals surface area contributed by atoms with Gasteiger partial charge < -0.3 is 5.73 Å². The van der Waals surface area contributed by atoms with Crippen LogP contribution in [0.15, 0.2) is 13.6 Å². The van der Waals surface area contributed by atoms with Crippen molar-refractivity contribution in [1.82, 2.24) is 0 Å². The molecule has 0 saturated heterocycles. The van der Waals surface area contributed by atoms with E-state index in [9.17, 15) is 0 Å². The third-order valence-corrected chi connectivity index (χ3v) is 4.67. The molecule has 0 aliphatic heterocycles. The van der Waals surface area contributed by atoms with Crippen LogP contribution in [0.4, 0.5) is 0 Å². The molecule has 0 fully saturated rings. The highest BCUT2D eigenvalue weighted by molar-refractivity contribution is 9.12. The molecule has 4 heteroatoms. The largest absolute Gasteiger partial charge is 0.324 e. The van der Waals surface area contributed by atoms with E-state index in [-0.39, 0.29) is 6.04 Å². The zero-order chi connectivity index (χ0) is 11.6. The molecule has 1 aromatic heterocycles. The summed E-state index contributed by atoms with van der Waals surface area (Å²) in [6.07, 6.45) is 2.18. The Morgan fingerprint density at radius 2 is 2.00 bits per heavy atom. The molecule has 0 spiro atoms. The summed E-state index contributed by atoms with van der Waals surface area (Å²) in [6, 6.07) is 2.25. The lowest BCUT2D eigenvalue weighted by molar-refractivity contribution is 0.350. The first-order chi connectivity index (χ1) is 6.79. The SMILES string of the molecule is CC(C)(C)CCC(N)c1cc(Br)sc1Br. The minimum absolute atomic E-state index is 0.140. The first-order valence-electron chi connectivity index (χ1n) is 5.00. The monoisotopic (exact) mass is 353 g/mol. The van der Waals surface area contributed by atoms with Crippen LogP contribution in [0.1, 0.15) is 45.2 Å². The van der Waals surface area contributed by atoms with Gasteiger partial charge in [0, 0.05) is 6.04 Å². The Bertz CT molecular complexity index is 328. The maximum atomic E-state index is 6.17. The predicted molar refractivity (Wildman–Crippen MR) is 75.3 cm³/mol. The lowest BCUT2D eigenvalue weighted by atomic mass is 9.88. The van der Waals surface area contributed by atoms with Gasteiger partial charge in [0.15, 0.2) is 0 Å². The summed E-state index contributed by atoms with van der Waals surface area (Å²) in [5.41, 5.74) is 7.75. The van der Waals surface area contributed by atoms with Gasteiger partial charge in [0.05, 0.1) is 7.57 Å². The van der Waals surface area contributed by atoms with E-state index < -0.39 is 0 Å². The van der Waals surface area contributed by atoms with E-state index in [2.05, 4.69) is 58.7 Å². The van der Waals surface area contributed by atoms with Crippen LogP contribution in [0.25, 0.3) is 0 Å². The van der Waals surface area contributed by atoms with Crippen LogP contribution in [-0.2, 0) is 0 Å². The van der Waals surface area contributed by atoms with Crippen molar-refractivity contribution in [1.29, 1.82) is 0 Å². The summed E-state index contributed by atoms with van der Waals surface area (Å²) < 4.78 is 2.28. The molecule has 0 aliphatic carbocycles. The van der Waals surface area contributed by atoms with Crippen LogP contribution in [0, 0.1) is 5.41 Å². The van der Waals surface area contributed by atoms with Gasteiger partial charge in [0.25, 0.3) is 0 Å². The fourth-order valence-corrected chi connectivity index (χ4v) is 4.35. The topological polar surface area (TPSA) is 26.0 Å². The van der Waals surface area contributed by atoms with Crippen LogP contribution >= 0.6 is 43.2 Å². The lowest BCUT2D eigenvalue weighted by Crippen LogP contribution is -2.14. The molecule has 0 amide bonds. The molecule has 86 valence electrons. The Hall–Kier alpha value is 0.620. The van der Waals surface area contributed by atoms with E-state index in [0.717, 1.165) is 20.4 Å². The Balaban J connectivity index is 2.61. The fourth-order valence-electron chi connectivity index (χ4n) is 1.35. The third-order valence-electron chi connectivity index (χ3n) is 2.29. The van der Waals surface area contributed by atoms with Crippen LogP contribution in [0.3, 0.4) is 0 Å². The number of nitrogens with two attached hydrogens (primary N) is 1. The zero-order valence-corrected chi connectivity index (χ0v) is 13.3. The van der Waals surface area contributed by atoms with Gasteiger partial charge in [-0.2, -0.15) is 0 Å². The van der Waals surface area contributed by atoms with Crippen LogP contribution < -0.4 is 5.73 Å². The first kappa shape index (κ1) is 13.7. The van der Waals surface area contributed by atoms with Gasteiger partial charge in [-0.1, -0.05) is 20.8 Å². The minimum atomic E-state index is 0.140. The zero-order valence-electron chi connectivity index (χ0n) is 9.31. The summed E-state index contributed by atoms with van der Waals surface area (Å²) in [5, 5.41) is 0. The summed E-state index contributed by atoms with van der Waals surface area (Å²) in [4.78, 5) is 0. The van der Waals surface area contributed by atoms with Gasteiger partial charge in [-0.15, -0.1) is 11.3 Å². The van der Waals surface area contributed by atoms with Crippen molar-refractivity contribution < 1.29 is 0 Å². The van der Waals surface area contributed by atoms with E-state index in [1.165, 1.54) is 5.56 Å². The number of hydrogen-bond donors (Lipinski definition) is 1. The fraction of sp³-hybridized carbons (Fsp3) is 0.636. The molecule has 0 aliphatic rings. The summed E-state index contributed by atoms with van der Waals surface area (Å²) >= 11 is 8.71. The number of hydrogen-bond acceptors (Lipinski definition) is 2. The molecule has 2 N–H and O–H groups in total. The molecule has 1 heterocycles. The molecule has 0 radical (unpaired) electrons. The van der Waals surface area contributed by atoms with Crippen LogP contribution in [0.5, 0.6) is 0 Å². The van der Waals surface area contributed by atoms with E-state index in [4.69, 9.17) is 5.73 Å². The van der Waals surface area contributed by atoms with Crippen LogP contribution in [-0.4, -0.2) is 0 Å². The molecule has 0 saturated carbocycles. The van der Waals surface area contributed by atoms with Crippen molar-refractivity contribution in [2.24, 2.45) is 11.1 Å². The van der Waals surface area contributed by atoms with Gasteiger partial charge in [-0.25, -0.2) is 0 Å². The van der Waals surface area contributed by atoms with Crippen LogP contribution in [0.2, 0.25) is 0 Å². The van der Waals surface area contributed by atoms with E-state index in [1.807, 2.05) is 0 Å². The molecular weight excluding hydrogens is 338 g/mol. The Morgan fingerprint density at radius 1 is 1.40 bits per heavy atom. The van der Waals surface area contributed by atoms with Crippen molar-refractivity contribution >= 4 is 43.2 Å². The van der Waals surface area contributed by atoms with Gasteiger partial charge in [0.2, 0.25) is 0 Å². The highest BCUT2D eigenvalue weighted by Crippen LogP contribution is 2.37. The predicted octanol–water partition coefficient (Wildman–Crippen LogP) is 5.10. The molecule has 0 bridgehead atoms. The van der Waals surface area contributed by atoms with E-state index >= 15 is 0 Å². The number of thiophene rings is 1. The van der Waals surface area contributed by atoms with Gasteiger partial charge in [-0.3, -0.25) is 0 Å². The lowest BCUT2D eigenvalue weighted by Gasteiger charge is -2.20. The third kappa shape index (κ3) is 4.55. The molecule has 15 heavy (non-hydrogen) atoms. The van der Waals surface area contributed by atoms with E-state index in [1.54, 1.807) is 11.3 Å². The minimum Gasteiger partial charge on any atom is -0.324 e. The highest BCUT2D eigenvalue weighted by Gasteiger charge is 2.17. The molecule has 1 aromatic rings. The standard InChI is InChI=1S/C11H17Br2NS/c1-11(2,3)5-4-8(14)7-6-9(12)15-10(7)13/h6,8H,4-5,14H2,1-3H3. The highest BCUT2D eigenvalue weighted by atomic mass is 79.9.